The van der Waals surface area contributed by atoms with Crippen LogP contribution in [-0.4, -0.2) is 23.4 Å². The van der Waals surface area contributed by atoms with Crippen molar-refractivity contribution in [1.29, 1.82) is 0 Å². The molecule has 0 atom stereocenters. The molecular formula is C21H46O2Zr. The first-order chi connectivity index (χ1) is 11.3. The van der Waals surface area contributed by atoms with E-state index < -0.39 is 0 Å². The monoisotopic (exact) mass is 420 g/mol. The van der Waals surface area contributed by atoms with Crippen molar-refractivity contribution >= 4 is 0 Å². The smallest absolute Gasteiger partial charge is 0.0431 e. The van der Waals surface area contributed by atoms with E-state index in [2.05, 4.69) is 13.8 Å². The van der Waals surface area contributed by atoms with Gasteiger partial charge in [-0.15, -0.1) is 0 Å². The number of hydrogen-bond acceptors (Lipinski definition) is 2. The molecule has 0 aliphatic carbocycles. The van der Waals surface area contributed by atoms with Crippen molar-refractivity contribution in [3.8, 4) is 0 Å². The Balaban J connectivity index is -0.000000385. The van der Waals surface area contributed by atoms with Gasteiger partial charge in [0.1, 0.15) is 0 Å². The Kier molecular flexibility index (Phi) is 38.9. The second kappa shape index (κ2) is 31.6. The summed E-state index contributed by atoms with van der Waals surface area (Å²) in [6.07, 6.45) is 22.3. The van der Waals surface area contributed by atoms with Gasteiger partial charge in [0.25, 0.3) is 0 Å². The second-order valence-corrected chi connectivity index (χ2v) is 6.75. The Morgan fingerprint density at radius 2 is 0.583 bits per heavy atom. The molecule has 3 heteroatoms. The average molecular weight is 422 g/mol. The Hall–Kier alpha value is 0.803. The van der Waals surface area contributed by atoms with Crippen LogP contribution in [0.2, 0.25) is 0 Å². The van der Waals surface area contributed by atoms with Gasteiger partial charge < -0.3 is 10.2 Å². The minimum Gasteiger partial charge on any atom is -0.396 e. The maximum Gasteiger partial charge on any atom is 0.0431 e. The Bertz CT molecular complexity index is 159. The summed E-state index contributed by atoms with van der Waals surface area (Å²) in [7, 11) is 0. The number of unbranched alkanes of at least 4 members (excludes halogenated alkanes) is 15. The van der Waals surface area contributed by atoms with E-state index >= 15 is 0 Å². The third-order valence-corrected chi connectivity index (χ3v) is 4.27. The van der Waals surface area contributed by atoms with E-state index in [1.54, 1.807) is 0 Å². The number of aliphatic hydroxyl groups is 2. The first-order valence-corrected chi connectivity index (χ1v) is 10.5. The molecule has 24 heavy (non-hydrogen) atoms. The molecule has 0 bridgehead atoms. The van der Waals surface area contributed by atoms with Gasteiger partial charge in [-0.05, 0) is 12.8 Å². The van der Waals surface area contributed by atoms with Crippen molar-refractivity contribution in [1.82, 2.24) is 0 Å². The predicted molar refractivity (Wildman–Crippen MR) is 104 cm³/mol. The van der Waals surface area contributed by atoms with Crippen LogP contribution in [0.3, 0.4) is 0 Å². The minimum absolute atomic E-state index is 0. The van der Waals surface area contributed by atoms with E-state index in [4.69, 9.17) is 10.2 Å². The van der Waals surface area contributed by atoms with Crippen molar-refractivity contribution in [2.75, 3.05) is 13.2 Å². The summed E-state index contributed by atoms with van der Waals surface area (Å²) < 4.78 is 0. The molecule has 0 aromatic carbocycles. The van der Waals surface area contributed by atoms with E-state index in [0.29, 0.717) is 13.2 Å². The molecule has 0 saturated heterocycles. The molecule has 0 amide bonds. The Labute approximate surface area is 172 Å². The standard InChI is InChI=1S/C13H28O.C8H18O.Zr/c1-2-3-4-5-6-7-8-9-10-11-12-13-14;1-2-3-4-5-6-7-8-9;/h14H,2-13H2,1H3;9H,2-8H2,1H3;. The molecule has 0 rings (SSSR count). The largest absolute Gasteiger partial charge is 0.396 e. The summed E-state index contributed by atoms with van der Waals surface area (Å²) in [5.74, 6) is 0. The van der Waals surface area contributed by atoms with E-state index in [-0.39, 0.29) is 26.2 Å². The van der Waals surface area contributed by atoms with Crippen LogP contribution in [0.1, 0.15) is 123 Å². The molecule has 0 fully saturated rings. The van der Waals surface area contributed by atoms with Crippen LogP contribution >= 0.6 is 0 Å². The zero-order valence-electron chi connectivity index (χ0n) is 16.8. The third-order valence-electron chi connectivity index (χ3n) is 4.27. The van der Waals surface area contributed by atoms with Crippen molar-refractivity contribution < 1.29 is 36.4 Å². The number of hydrogen-bond donors (Lipinski definition) is 2. The van der Waals surface area contributed by atoms with Crippen LogP contribution in [0.25, 0.3) is 0 Å². The number of aliphatic hydroxyl groups excluding tert-OH is 2. The number of rotatable bonds is 17. The fourth-order valence-corrected chi connectivity index (χ4v) is 2.67. The van der Waals surface area contributed by atoms with E-state index in [9.17, 15) is 0 Å². The van der Waals surface area contributed by atoms with Crippen molar-refractivity contribution in [2.45, 2.75) is 123 Å². The molecule has 0 aromatic heterocycles. The van der Waals surface area contributed by atoms with E-state index in [1.165, 1.54) is 96.3 Å². The third kappa shape index (κ3) is 34.2. The summed E-state index contributed by atoms with van der Waals surface area (Å²) in [5.41, 5.74) is 0. The Morgan fingerprint density at radius 3 is 0.792 bits per heavy atom. The predicted octanol–water partition coefficient (Wildman–Crippen LogP) is 6.63. The van der Waals surface area contributed by atoms with Crippen molar-refractivity contribution in [3.63, 3.8) is 0 Å². The van der Waals surface area contributed by atoms with Gasteiger partial charge in [-0.25, -0.2) is 0 Å². The topological polar surface area (TPSA) is 40.5 Å². The van der Waals surface area contributed by atoms with Gasteiger partial charge in [-0.1, -0.05) is 110 Å². The molecule has 0 saturated carbocycles. The van der Waals surface area contributed by atoms with Crippen LogP contribution in [0.4, 0.5) is 0 Å². The molecule has 0 aliphatic rings. The summed E-state index contributed by atoms with van der Waals surface area (Å²) in [6, 6.07) is 0. The first-order valence-electron chi connectivity index (χ1n) is 10.5. The van der Waals surface area contributed by atoms with Gasteiger partial charge in [0.15, 0.2) is 0 Å². The van der Waals surface area contributed by atoms with E-state index in [1.807, 2.05) is 0 Å². The summed E-state index contributed by atoms with van der Waals surface area (Å²) in [5, 5.41) is 17.0. The molecule has 0 spiro atoms. The summed E-state index contributed by atoms with van der Waals surface area (Å²) in [6.45, 7) is 5.22. The van der Waals surface area contributed by atoms with Crippen LogP contribution in [0.5, 0.6) is 0 Å². The molecule has 0 unspecified atom stereocenters. The van der Waals surface area contributed by atoms with Crippen molar-refractivity contribution in [2.24, 2.45) is 0 Å². The zero-order valence-corrected chi connectivity index (χ0v) is 19.3. The minimum atomic E-state index is 0. The maximum absolute atomic E-state index is 8.59. The fraction of sp³-hybridized carbons (Fsp3) is 1.00. The normalized spacial score (nSPS) is 10.0. The van der Waals surface area contributed by atoms with Crippen LogP contribution < -0.4 is 0 Å². The molecule has 0 aliphatic heterocycles. The van der Waals surface area contributed by atoms with Crippen molar-refractivity contribution in [3.05, 3.63) is 0 Å². The Morgan fingerprint density at radius 1 is 0.375 bits per heavy atom. The quantitative estimate of drug-likeness (QED) is 0.259. The molecule has 146 valence electrons. The zero-order chi connectivity index (χ0) is 17.4. The molecule has 0 heterocycles. The van der Waals surface area contributed by atoms with Crippen LogP contribution in [0.15, 0.2) is 0 Å². The molecule has 0 aromatic rings. The summed E-state index contributed by atoms with van der Waals surface area (Å²) in [4.78, 5) is 0. The van der Waals surface area contributed by atoms with Gasteiger partial charge in [0, 0.05) is 39.4 Å². The van der Waals surface area contributed by atoms with Crippen LogP contribution in [0, 0.1) is 0 Å². The van der Waals surface area contributed by atoms with Gasteiger partial charge in [0.2, 0.25) is 0 Å². The van der Waals surface area contributed by atoms with Gasteiger partial charge in [0.05, 0.1) is 0 Å². The molecule has 0 radical (unpaired) electrons. The van der Waals surface area contributed by atoms with E-state index in [0.717, 1.165) is 12.8 Å². The average Bonchev–Trinajstić information content (AvgIpc) is 2.57. The molecule has 2 nitrogen and oxygen atoms in total. The summed E-state index contributed by atoms with van der Waals surface area (Å²) >= 11 is 0. The molecule has 2 N–H and O–H groups in total. The fourth-order valence-electron chi connectivity index (χ4n) is 2.67. The molecular weight excluding hydrogens is 375 g/mol. The van der Waals surface area contributed by atoms with Gasteiger partial charge in [-0.2, -0.15) is 0 Å². The van der Waals surface area contributed by atoms with Gasteiger partial charge in [-0.3, -0.25) is 0 Å². The second-order valence-electron chi connectivity index (χ2n) is 6.75. The SMILES string of the molecule is CCCCCCCCCCCCCO.CCCCCCCCO.[Zr]. The van der Waals surface area contributed by atoms with Crippen LogP contribution in [-0.2, 0) is 26.2 Å². The maximum atomic E-state index is 8.59. The first kappa shape index (κ1) is 29.6. The van der Waals surface area contributed by atoms with Gasteiger partial charge >= 0.3 is 0 Å².